The van der Waals surface area contributed by atoms with E-state index in [1.807, 2.05) is 45.1 Å². The van der Waals surface area contributed by atoms with E-state index >= 15 is 0 Å². The number of nitrogens with zero attached hydrogens (tertiary/aromatic N) is 4. The summed E-state index contributed by atoms with van der Waals surface area (Å²) in [6, 6.07) is 8.34. The van der Waals surface area contributed by atoms with Gasteiger partial charge in [0.25, 0.3) is 0 Å². The van der Waals surface area contributed by atoms with Crippen molar-refractivity contribution in [2.75, 3.05) is 56.4 Å². The molecule has 1 aromatic rings. The van der Waals surface area contributed by atoms with Crippen molar-refractivity contribution in [3.63, 3.8) is 0 Å². The SMILES string of the molecule is C#C/C(=C\C=C(/C)N1CCC(=O)NC1=O)N1CCC(N2CCN(c3ccc(N)cc3)CC2)CC1.CC. The average Bonchev–Trinajstić information content (AvgIpc) is 2.91. The number of rotatable bonds is 5. The molecule has 0 aromatic heterocycles. The molecule has 3 N–H and O–H groups in total. The molecule has 36 heavy (non-hydrogen) atoms. The number of anilines is 2. The number of nitrogen functional groups attached to an aromatic ring is 1. The molecule has 3 fully saturated rings. The van der Waals surface area contributed by atoms with Gasteiger partial charge in [0, 0.05) is 75.3 Å². The van der Waals surface area contributed by atoms with Crippen LogP contribution in [-0.2, 0) is 4.79 Å². The molecular formula is C28H40N6O2. The van der Waals surface area contributed by atoms with Gasteiger partial charge in [-0.05, 0) is 56.2 Å². The monoisotopic (exact) mass is 492 g/mol. The minimum atomic E-state index is -0.377. The summed E-state index contributed by atoms with van der Waals surface area (Å²) in [5, 5.41) is 2.35. The molecule has 0 atom stereocenters. The topological polar surface area (TPSA) is 85.2 Å². The lowest BCUT2D eigenvalue weighted by Gasteiger charge is -2.43. The number of terminal acetylenes is 1. The first-order valence-electron chi connectivity index (χ1n) is 13.0. The summed E-state index contributed by atoms with van der Waals surface area (Å²) in [5.41, 5.74) is 9.46. The van der Waals surface area contributed by atoms with Gasteiger partial charge in [0.1, 0.15) is 0 Å². The van der Waals surface area contributed by atoms with Crippen LogP contribution in [0.5, 0.6) is 0 Å². The molecule has 0 spiro atoms. The standard InChI is InChI=1S/C26H34N6O2.C2H6/c1-3-22(7-4-20(2)32-15-12-25(33)28-26(32)34)29-13-10-24(11-14-29)31-18-16-30(17-19-31)23-8-5-21(27)6-9-23;1-2/h1,4-9,24H,10-19,27H2,2H3,(H,28,33,34);1-2H3/b20-4+,22-7+;. The number of imide groups is 1. The van der Waals surface area contributed by atoms with Gasteiger partial charge < -0.3 is 15.5 Å². The highest BCUT2D eigenvalue weighted by atomic mass is 16.2. The number of benzene rings is 1. The summed E-state index contributed by atoms with van der Waals surface area (Å²) < 4.78 is 0. The maximum absolute atomic E-state index is 12.0. The van der Waals surface area contributed by atoms with Crippen LogP contribution in [0.3, 0.4) is 0 Å². The van der Waals surface area contributed by atoms with E-state index in [4.69, 9.17) is 12.2 Å². The van der Waals surface area contributed by atoms with Gasteiger partial charge in [0.15, 0.2) is 0 Å². The minimum absolute atomic E-state index is 0.233. The highest BCUT2D eigenvalue weighted by Gasteiger charge is 2.28. The molecule has 0 radical (unpaired) electrons. The van der Waals surface area contributed by atoms with Crippen molar-refractivity contribution in [2.24, 2.45) is 0 Å². The van der Waals surface area contributed by atoms with Crippen LogP contribution < -0.4 is 16.0 Å². The summed E-state index contributed by atoms with van der Waals surface area (Å²) >= 11 is 0. The lowest BCUT2D eigenvalue weighted by Crippen LogP contribution is -2.53. The fraction of sp³-hybridized carbons (Fsp3) is 0.500. The van der Waals surface area contributed by atoms with Crippen molar-refractivity contribution in [3.05, 3.63) is 47.8 Å². The first-order chi connectivity index (χ1) is 17.4. The fourth-order valence-electron chi connectivity index (χ4n) is 4.94. The number of carbonyl (C=O) groups is 2. The van der Waals surface area contributed by atoms with Crippen molar-refractivity contribution in [1.82, 2.24) is 20.0 Å². The van der Waals surface area contributed by atoms with E-state index in [9.17, 15) is 9.59 Å². The van der Waals surface area contributed by atoms with Crippen LogP contribution in [0.15, 0.2) is 47.8 Å². The Hall–Kier alpha value is -3.44. The molecule has 8 nitrogen and oxygen atoms in total. The average molecular weight is 493 g/mol. The van der Waals surface area contributed by atoms with Crippen molar-refractivity contribution in [1.29, 1.82) is 0 Å². The molecule has 8 heteroatoms. The molecule has 194 valence electrons. The van der Waals surface area contributed by atoms with Crippen LogP contribution >= 0.6 is 0 Å². The smallest absolute Gasteiger partial charge is 0.328 e. The molecule has 3 saturated heterocycles. The van der Waals surface area contributed by atoms with Crippen LogP contribution in [0, 0.1) is 12.3 Å². The van der Waals surface area contributed by atoms with Crippen molar-refractivity contribution in [2.45, 2.75) is 46.1 Å². The Kier molecular flexibility index (Phi) is 9.83. The van der Waals surface area contributed by atoms with Gasteiger partial charge in [0.05, 0.1) is 5.70 Å². The van der Waals surface area contributed by atoms with E-state index in [0.717, 1.165) is 69.2 Å². The Morgan fingerprint density at radius 2 is 1.64 bits per heavy atom. The van der Waals surface area contributed by atoms with Crippen LogP contribution in [-0.4, -0.2) is 78.5 Å². The number of urea groups is 1. The second kappa shape index (κ2) is 13.0. The highest BCUT2D eigenvalue weighted by molar-refractivity contribution is 5.97. The van der Waals surface area contributed by atoms with Crippen LogP contribution in [0.1, 0.15) is 40.0 Å². The van der Waals surface area contributed by atoms with Gasteiger partial charge >= 0.3 is 6.03 Å². The molecule has 3 aliphatic rings. The van der Waals surface area contributed by atoms with Crippen molar-refractivity contribution < 1.29 is 9.59 Å². The molecule has 0 saturated carbocycles. The molecule has 0 aliphatic carbocycles. The van der Waals surface area contributed by atoms with Gasteiger partial charge in [-0.3, -0.25) is 19.9 Å². The predicted octanol–water partition coefficient (Wildman–Crippen LogP) is 3.24. The number of carbonyl (C=O) groups excluding carboxylic acids is 2. The Morgan fingerprint density at radius 3 is 2.22 bits per heavy atom. The third-order valence-electron chi connectivity index (χ3n) is 7.00. The molecule has 3 aliphatic heterocycles. The molecular weight excluding hydrogens is 452 g/mol. The second-order valence-corrected chi connectivity index (χ2v) is 9.09. The van der Waals surface area contributed by atoms with Gasteiger partial charge in [-0.15, -0.1) is 6.42 Å². The summed E-state index contributed by atoms with van der Waals surface area (Å²) in [4.78, 5) is 32.3. The second-order valence-electron chi connectivity index (χ2n) is 9.09. The van der Waals surface area contributed by atoms with E-state index in [-0.39, 0.29) is 11.9 Å². The van der Waals surface area contributed by atoms with Crippen molar-refractivity contribution in [3.8, 4) is 12.3 Å². The highest BCUT2D eigenvalue weighted by Crippen LogP contribution is 2.24. The zero-order valence-corrected chi connectivity index (χ0v) is 21.9. The van der Waals surface area contributed by atoms with Crippen molar-refractivity contribution >= 4 is 23.3 Å². The number of likely N-dealkylation sites (tertiary alicyclic amines) is 1. The number of hydrogen-bond donors (Lipinski definition) is 2. The molecule has 3 amide bonds. The Bertz CT molecular complexity index is 994. The normalized spacial score (nSPS) is 20.4. The van der Waals surface area contributed by atoms with E-state index in [1.165, 1.54) is 5.69 Å². The Morgan fingerprint density at radius 1 is 1.00 bits per heavy atom. The van der Waals surface area contributed by atoms with Crippen LogP contribution in [0.2, 0.25) is 0 Å². The summed E-state index contributed by atoms with van der Waals surface area (Å²) in [7, 11) is 0. The van der Waals surface area contributed by atoms with Gasteiger partial charge in [0.2, 0.25) is 5.91 Å². The number of hydrogen-bond acceptors (Lipinski definition) is 6. The largest absolute Gasteiger partial charge is 0.399 e. The number of piperidine rings is 1. The summed E-state index contributed by atoms with van der Waals surface area (Å²) in [6.07, 6.45) is 12.1. The number of nitrogens with one attached hydrogen (secondary N) is 1. The van der Waals surface area contributed by atoms with Gasteiger partial charge in [-0.2, -0.15) is 0 Å². The van der Waals surface area contributed by atoms with Crippen LogP contribution in [0.4, 0.5) is 16.2 Å². The van der Waals surface area contributed by atoms with E-state index in [1.54, 1.807) is 4.90 Å². The predicted molar refractivity (Wildman–Crippen MR) is 146 cm³/mol. The van der Waals surface area contributed by atoms with E-state index in [0.29, 0.717) is 19.0 Å². The molecule has 0 bridgehead atoms. The maximum atomic E-state index is 12.0. The number of allylic oxidation sites excluding steroid dienone is 4. The fourth-order valence-corrected chi connectivity index (χ4v) is 4.94. The Balaban J connectivity index is 0.00000176. The molecule has 0 unspecified atom stereocenters. The van der Waals surface area contributed by atoms with Gasteiger partial charge in [-0.25, -0.2) is 4.79 Å². The molecule has 1 aromatic carbocycles. The first-order valence-corrected chi connectivity index (χ1v) is 13.0. The van der Waals surface area contributed by atoms with E-state index in [2.05, 4.69) is 38.1 Å². The van der Waals surface area contributed by atoms with Crippen LogP contribution in [0.25, 0.3) is 0 Å². The maximum Gasteiger partial charge on any atom is 0.328 e. The van der Waals surface area contributed by atoms with E-state index < -0.39 is 0 Å². The zero-order chi connectivity index (χ0) is 26.1. The third-order valence-corrected chi connectivity index (χ3v) is 7.00. The summed E-state index contributed by atoms with van der Waals surface area (Å²) in [5.74, 6) is 2.58. The quantitative estimate of drug-likeness (QED) is 0.373. The minimum Gasteiger partial charge on any atom is -0.399 e. The molecule has 3 heterocycles. The third kappa shape index (κ3) is 6.82. The zero-order valence-electron chi connectivity index (χ0n) is 21.9. The number of piperazine rings is 1. The lowest BCUT2D eigenvalue weighted by molar-refractivity contribution is -0.121. The Labute approximate surface area is 215 Å². The first kappa shape index (κ1) is 27.2. The number of nitrogens with two attached hydrogens (primary N) is 1. The molecule has 4 rings (SSSR count). The van der Waals surface area contributed by atoms with Gasteiger partial charge in [-0.1, -0.05) is 19.8 Å². The lowest BCUT2D eigenvalue weighted by atomic mass is 10.0. The number of amides is 3. The summed E-state index contributed by atoms with van der Waals surface area (Å²) in [6.45, 7) is 12.3.